The number of hydrogen-bond acceptors (Lipinski definition) is 1. The van der Waals surface area contributed by atoms with E-state index in [-0.39, 0.29) is 5.91 Å². The molecule has 74 valence electrons. The van der Waals surface area contributed by atoms with E-state index in [4.69, 9.17) is 0 Å². The summed E-state index contributed by atoms with van der Waals surface area (Å²) in [5, 5.41) is 3.02. The lowest BCUT2D eigenvalue weighted by atomic mass is 10.1. The first-order valence-electron chi connectivity index (χ1n) is 4.95. The van der Waals surface area contributed by atoms with Gasteiger partial charge in [-0.1, -0.05) is 32.0 Å². The predicted octanol–water partition coefficient (Wildman–Crippen LogP) is 2.21. The molecule has 1 saturated carbocycles. The molecule has 14 heavy (non-hydrogen) atoms. The monoisotopic (exact) mass is 189 g/mol. The van der Waals surface area contributed by atoms with Crippen LogP contribution in [0, 0.1) is 5.41 Å². The van der Waals surface area contributed by atoms with E-state index in [1.807, 2.05) is 30.3 Å². The second-order valence-corrected chi connectivity index (χ2v) is 4.58. The fourth-order valence-electron chi connectivity index (χ4n) is 1.54. The summed E-state index contributed by atoms with van der Waals surface area (Å²) in [6, 6.07) is 9.71. The van der Waals surface area contributed by atoms with E-state index in [0.29, 0.717) is 11.5 Å². The van der Waals surface area contributed by atoms with Crippen LogP contribution in [0.25, 0.3) is 0 Å². The van der Waals surface area contributed by atoms with Gasteiger partial charge in [-0.15, -0.1) is 0 Å². The average molecular weight is 189 g/mol. The highest BCUT2D eigenvalue weighted by molar-refractivity contribution is 5.94. The molecule has 1 aromatic rings. The third-order valence-electron chi connectivity index (χ3n) is 2.85. The van der Waals surface area contributed by atoms with Crippen LogP contribution in [0.15, 0.2) is 30.3 Å². The molecule has 1 atom stereocenters. The zero-order valence-corrected chi connectivity index (χ0v) is 8.58. The van der Waals surface area contributed by atoms with Gasteiger partial charge in [-0.2, -0.15) is 0 Å². The molecule has 0 aromatic heterocycles. The third kappa shape index (κ3) is 1.79. The van der Waals surface area contributed by atoms with Gasteiger partial charge in [-0.05, 0) is 24.0 Å². The molecule has 1 amide bonds. The largest absolute Gasteiger partial charge is 0.349 e. The van der Waals surface area contributed by atoms with Crippen LogP contribution in [0.1, 0.15) is 30.6 Å². The molecule has 0 saturated heterocycles. The van der Waals surface area contributed by atoms with Crippen molar-refractivity contribution in [1.29, 1.82) is 0 Å². The van der Waals surface area contributed by atoms with E-state index in [1.165, 1.54) is 0 Å². The Kier molecular flexibility index (Phi) is 2.06. The first kappa shape index (κ1) is 9.25. The molecule has 1 aromatic carbocycles. The van der Waals surface area contributed by atoms with Crippen molar-refractivity contribution in [3.8, 4) is 0 Å². The Balaban J connectivity index is 1.98. The Morgan fingerprint density at radius 1 is 1.36 bits per heavy atom. The van der Waals surface area contributed by atoms with Crippen molar-refractivity contribution in [3.63, 3.8) is 0 Å². The van der Waals surface area contributed by atoms with Crippen molar-refractivity contribution in [2.24, 2.45) is 5.41 Å². The van der Waals surface area contributed by atoms with E-state index in [2.05, 4.69) is 19.2 Å². The summed E-state index contributed by atoms with van der Waals surface area (Å²) in [5.41, 5.74) is 1.04. The normalized spacial score (nSPS) is 22.9. The molecule has 1 unspecified atom stereocenters. The van der Waals surface area contributed by atoms with Crippen LogP contribution in [0.5, 0.6) is 0 Å². The molecule has 2 rings (SSSR count). The van der Waals surface area contributed by atoms with E-state index in [0.717, 1.165) is 12.0 Å². The molecule has 1 fully saturated rings. The fraction of sp³-hybridized carbons (Fsp3) is 0.417. The average Bonchev–Trinajstić information content (AvgIpc) is 2.75. The molecule has 2 heteroatoms. The van der Waals surface area contributed by atoms with Gasteiger partial charge in [-0.3, -0.25) is 4.79 Å². The van der Waals surface area contributed by atoms with Crippen LogP contribution in [-0.2, 0) is 0 Å². The van der Waals surface area contributed by atoms with Gasteiger partial charge in [0.2, 0.25) is 0 Å². The molecule has 1 aliphatic rings. The highest BCUT2D eigenvalue weighted by atomic mass is 16.1. The van der Waals surface area contributed by atoms with Gasteiger partial charge in [0, 0.05) is 11.6 Å². The lowest BCUT2D eigenvalue weighted by Crippen LogP contribution is -2.28. The maximum Gasteiger partial charge on any atom is 0.251 e. The standard InChI is InChI=1S/C12H15NO/c1-12(2)8-10(12)13-11(14)9-6-4-3-5-7-9/h3-7,10H,8H2,1-2H3,(H,13,14). The van der Waals surface area contributed by atoms with Crippen LogP contribution < -0.4 is 5.32 Å². The number of amides is 1. The van der Waals surface area contributed by atoms with Gasteiger partial charge in [-0.25, -0.2) is 0 Å². The van der Waals surface area contributed by atoms with Gasteiger partial charge < -0.3 is 5.32 Å². The number of nitrogens with one attached hydrogen (secondary N) is 1. The number of carbonyl (C=O) groups excluding carboxylic acids is 1. The summed E-state index contributed by atoms with van der Waals surface area (Å²) in [6.45, 7) is 4.34. The van der Waals surface area contributed by atoms with Gasteiger partial charge >= 0.3 is 0 Å². The van der Waals surface area contributed by atoms with Gasteiger partial charge in [0.25, 0.3) is 5.91 Å². The highest BCUT2D eigenvalue weighted by Gasteiger charge is 2.46. The Labute approximate surface area is 84.3 Å². The summed E-state index contributed by atoms with van der Waals surface area (Å²) < 4.78 is 0. The minimum absolute atomic E-state index is 0.0428. The quantitative estimate of drug-likeness (QED) is 0.759. The van der Waals surface area contributed by atoms with Crippen LogP contribution >= 0.6 is 0 Å². The van der Waals surface area contributed by atoms with Crippen molar-refractivity contribution in [1.82, 2.24) is 5.32 Å². The molecule has 1 N–H and O–H groups in total. The molecule has 0 radical (unpaired) electrons. The maximum atomic E-state index is 11.7. The lowest BCUT2D eigenvalue weighted by Gasteiger charge is -2.06. The zero-order chi connectivity index (χ0) is 10.2. The first-order chi connectivity index (χ1) is 6.59. The van der Waals surface area contributed by atoms with Crippen LogP contribution in [0.4, 0.5) is 0 Å². The second-order valence-electron chi connectivity index (χ2n) is 4.58. The molecule has 0 aliphatic heterocycles. The molecule has 0 bridgehead atoms. The van der Waals surface area contributed by atoms with E-state index in [9.17, 15) is 4.79 Å². The van der Waals surface area contributed by atoms with Gasteiger partial charge in [0.05, 0.1) is 0 Å². The number of hydrogen-bond donors (Lipinski definition) is 1. The topological polar surface area (TPSA) is 29.1 Å². The minimum atomic E-state index is 0.0428. The van der Waals surface area contributed by atoms with Crippen molar-refractivity contribution < 1.29 is 4.79 Å². The summed E-state index contributed by atoms with van der Waals surface area (Å²) >= 11 is 0. The molecule has 1 aliphatic carbocycles. The summed E-state index contributed by atoms with van der Waals surface area (Å²) in [4.78, 5) is 11.7. The van der Waals surface area contributed by atoms with Gasteiger partial charge in [0.1, 0.15) is 0 Å². The Morgan fingerprint density at radius 2 is 1.93 bits per heavy atom. The molecule has 0 heterocycles. The van der Waals surface area contributed by atoms with E-state index in [1.54, 1.807) is 0 Å². The first-order valence-corrected chi connectivity index (χ1v) is 4.95. The number of rotatable bonds is 2. The van der Waals surface area contributed by atoms with Gasteiger partial charge in [0.15, 0.2) is 0 Å². The van der Waals surface area contributed by atoms with Crippen LogP contribution in [0.2, 0.25) is 0 Å². The minimum Gasteiger partial charge on any atom is -0.349 e. The number of benzene rings is 1. The highest BCUT2D eigenvalue weighted by Crippen LogP contribution is 2.44. The lowest BCUT2D eigenvalue weighted by molar-refractivity contribution is 0.0946. The molecule has 2 nitrogen and oxygen atoms in total. The van der Waals surface area contributed by atoms with Crippen LogP contribution in [-0.4, -0.2) is 11.9 Å². The molecular weight excluding hydrogens is 174 g/mol. The Morgan fingerprint density at radius 3 is 2.43 bits per heavy atom. The van der Waals surface area contributed by atoms with Crippen molar-refractivity contribution in [3.05, 3.63) is 35.9 Å². The fourth-order valence-corrected chi connectivity index (χ4v) is 1.54. The zero-order valence-electron chi connectivity index (χ0n) is 8.58. The Hall–Kier alpha value is -1.31. The van der Waals surface area contributed by atoms with E-state index >= 15 is 0 Å². The summed E-state index contributed by atoms with van der Waals surface area (Å²) in [7, 11) is 0. The third-order valence-corrected chi connectivity index (χ3v) is 2.85. The summed E-state index contributed by atoms with van der Waals surface area (Å²) in [5.74, 6) is 0.0428. The van der Waals surface area contributed by atoms with Crippen molar-refractivity contribution in [2.45, 2.75) is 26.3 Å². The van der Waals surface area contributed by atoms with E-state index < -0.39 is 0 Å². The second kappa shape index (κ2) is 3.12. The molecular formula is C12H15NO. The predicted molar refractivity (Wildman–Crippen MR) is 56.1 cm³/mol. The maximum absolute atomic E-state index is 11.7. The van der Waals surface area contributed by atoms with Crippen molar-refractivity contribution in [2.75, 3.05) is 0 Å². The molecule has 0 spiro atoms. The smallest absolute Gasteiger partial charge is 0.251 e. The SMILES string of the molecule is CC1(C)CC1NC(=O)c1ccccc1. The number of carbonyl (C=O) groups is 1. The van der Waals surface area contributed by atoms with Crippen LogP contribution in [0.3, 0.4) is 0 Å². The summed E-state index contributed by atoms with van der Waals surface area (Å²) in [6.07, 6.45) is 1.09. The van der Waals surface area contributed by atoms with Crippen molar-refractivity contribution >= 4 is 5.91 Å². The Bertz CT molecular complexity index is 343.